The van der Waals surface area contributed by atoms with E-state index in [0.29, 0.717) is 11.1 Å². The third-order valence-electron chi connectivity index (χ3n) is 3.55. The number of hydrogen-bond donors (Lipinski definition) is 1. The van der Waals surface area contributed by atoms with Crippen LogP contribution < -0.4 is 5.73 Å². The highest BCUT2D eigenvalue weighted by Crippen LogP contribution is 2.16. The van der Waals surface area contributed by atoms with Gasteiger partial charge in [-0.2, -0.15) is 0 Å². The Bertz CT molecular complexity index is 428. The van der Waals surface area contributed by atoms with Crippen molar-refractivity contribution in [1.82, 2.24) is 4.90 Å². The number of benzene rings is 1. The Morgan fingerprint density at radius 3 is 2.79 bits per heavy atom. The first-order valence-electron chi connectivity index (χ1n) is 6.91. The van der Waals surface area contributed by atoms with Gasteiger partial charge in [0.25, 0.3) is 0 Å². The van der Waals surface area contributed by atoms with E-state index in [9.17, 15) is 0 Å². The van der Waals surface area contributed by atoms with E-state index in [0.717, 1.165) is 44.6 Å². The summed E-state index contributed by atoms with van der Waals surface area (Å²) >= 11 is 5.02. The molecule has 0 aliphatic carbocycles. The minimum atomic E-state index is 0.448. The Balaban J connectivity index is 1.88. The molecule has 3 nitrogen and oxygen atoms in total. The molecule has 0 bridgehead atoms. The van der Waals surface area contributed by atoms with Gasteiger partial charge in [-0.25, -0.2) is 0 Å². The second-order valence-corrected chi connectivity index (χ2v) is 5.44. The van der Waals surface area contributed by atoms with Crippen molar-refractivity contribution in [3.63, 3.8) is 0 Å². The zero-order valence-corrected chi connectivity index (χ0v) is 12.3. The summed E-state index contributed by atoms with van der Waals surface area (Å²) in [5.74, 6) is 0. The number of thiocarbonyl (C=S) groups is 1. The number of nitrogens with zero attached hydrogens (tertiary/aromatic N) is 1. The Hall–Kier alpha value is -0.970. The van der Waals surface area contributed by atoms with Crippen molar-refractivity contribution in [1.29, 1.82) is 0 Å². The van der Waals surface area contributed by atoms with Gasteiger partial charge in [0.05, 0.1) is 6.10 Å². The van der Waals surface area contributed by atoms with Gasteiger partial charge in [0.2, 0.25) is 0 Å². The van der Waals surface area contributed by atoms with Crippen LogP contribution in [0.3, 0.4) is 0 Å². The fourth-order valence-electron chi connectivity index (χ4n) is 2.55. The molecule has 4 heteroatoms. The van der Waals surface area contributed by atoms with Crippen LogP contribution in [0.5, 0.6) is 0 Å². The van der Waals surface area contributed by atoms with Crippen molar-refractivity contribution in [3.8, 4) is 0 Å². The van der Waals surface area contributed by atoms with Crippen LogP contribution in [0.15, 0.2) is 24.3 Å². The topological polar surface area (TPSA) is 38.5 Å². The van der Waals surface area contributed by atoms with Crippen LogP contribution in [0.4, 0.5) is 0 Å². The fourth-order valence-corrected chi connectivity index (χ4v) is 2.68. The highest BCUT2D eigenvalue weighted by atomic mass is 32.1. The molecule has 104 valence electrons. The highest BCUT2D eigenvalue weighted by molar-refractivity contribution is 7.80. The smallest absolute Gasteiger partial charge is 0.103 e. The van der Waals surface area contributed by atoms with Crippen molar-refractivity contribution in [2.24, 2.45) is 5.73 Å². The van der Waals surface area contributed by atoms with Crippen molar-refractivity contribution >= 4 is 17.2 Å². The second kappa shape index (κ2) is 6.98. The maximum atomic E-state index is 5.67. The molecule has 1 fully saturated rings. The number of nitrogens with two attached hydrogens (primary N) is 1. The number of ether oxygens (including phenoxy) is 1. The molecule has 1 aliphatic rings. The molecule has 0 unspecified atom stereocenters. The number of rotatable bonds is 5. The molecule has 1 aliphatic heterocycles. The molecule has 0 radical (unpaired) electrons. The average molecular weight is 278 g/mol. The third-order valence-corrected chi connectivity index (χ3v) is 3.79. The minimum Gasteiger partial charge on any atom is -0.389 e. The molecular weight excluding hydrogens is 256 g/mol. The van der Waals surface area contributed by atoms with Gasteiger partial charge in [-0.3, -0.25) is 4.90 Å². The van der Waals surface area contributed by atoms with Gasteiger partial charge in [-0.05, 0) is 31.4 Å². The first-order valence-corrected chi connectivity index (χ1v) is 7.32. The van der Waals surface area contributed by atoms with Crippen LogP contribution in [-0.2, 0) is 11.3 Å². The number of likely N-dealkylation sites (tertiary alicyclic amines) is 1. The van der Waals surface area contributed by atoms with Crippen LogP contribution in [0.1, 0.15) is 30.9 Å². The Labute approximate surface area is 120 Å². The highest BCUT2D eigenvalue weighted by Gasteiger charge is 2.19. The maximum absolute atomic E-state index is 5.67. The predicted octanol–water partition coefficient (Wildman–Crippen LogP) is 2.32. The van der Waals surface area contributed by atoms with Gasteiger partial charge < -0.3 is 10.5 Å². The molecule has 2 rings (SSSR count). The summed E-state index contributed by atoms with van der Waals surface area (Å²) in [6.07, 6.45) is 2.70. The largest absolute Gasteiger partial charge is 0.389 e. The van der Waals surface area contributed by atoms with Crippen LogP contribution in [0.2, 0.25) is 0 Å². The Morgan fingerprint density at radius 1 is 1.42 bits per heavy atom. The van der Waals surface area contributed by atoms with Gasteiger partial charge in [-0.15, -0.1) is 0 Å². The van der Waals surface area contributed by atoms with Gasteiger partial charge in [-0.1, -0.05) is 30.4 Å². The maximum Gasteiger partial charge on any atom is 0.103 e. The lowest BCUT2D eigenvalue weighted by Crippen LogP contribution is -2.36. The Morgan fingerprint density at radius 2 is 2.16 bits per heavy atom. The summed E-state index contributed by atoms with van der Waals surface area (Å²) in [7, 11) is 0. The lowest BCUT2D eigenvalue weighted by Gasteiger charge is -2.31. The normalized spacial score (nSPS) is 17.5. The Kier molecular flexibility index (Phi) is 5.31. The van der Waals surface area contributed by atoms with Crippen molar-refractivity contribution < 1.29 is 4.74 Å². The van der Waals surface area contributed by atoms with Crippen molar-refractivity contribution in [2.45, 2.75) is 32.4 Å². The summed E-state index contributed by atoms with van der Waals surface area (Å²) < 4.78 is 5.67. The summed E-state index contributed by atoms with van der Waals surface area (Å²) in [5, 5.41) is 0. The second-order valence-electron chi connectivity index (χ2n) is 5.00. The van der Waals surface area contributed by atoms with Gasteiger partial charge in [0, 0.05) is 31.8 Å². The molecule has 1 heterocycles. The van der Waals surface area contributed by atoms with E-state index >= 15 is 0 Å². The van der Waals surface area contributed by atoms with Gasteiger partial charge in [0.15, 0.2) is 0 Å². The lowest BCUT2D eigenvalue weighted by molar-refractivity contribution is 0.0125. The summed E-state index contributed by atoms with van der Waals surface area (Å²) in [6, 6.07) is 8.22. The molecule has 1 saturated heterocycles. The molecule has 0 amide bonds. The molecule has 0 spiro atoms. The van der Waals surface area contributed by atoms with Gasteiger partial charge in [0.1, 0.15) is 4.99 Å². The molecule has 0 aromatic heterocycles. The van der Waals surface area contributed by atoms with E-state index in [2.05, 4.69) is 24.0 Å². The molecule has 1 aromatic rings. The average Bonchev–Trinajstić information content (AvgIpc) is 2.42. The monoisotopic (exact) mass is 278 g/mol. The zero-order valence-electron chi connectivity index (χ0n) is 11.5. The number of piperidine rings is 1. The lowest BCUT2D eigenvalue weighted by atomic mass is 10.1. The van der Waals surface area contributed by atoms with Crippen LogP contribution in [0, 0.1) is 0 Å². The van der Waals surface area contributed by atoms with Gasteiger partial charge >= 0.3 is 0 Å². The fraction of sp³-hybridized carbons (Fsp3) is 0.533. The van der Waals surface area contributed by atoms with Crippen molar-refractivity contribution in [3.05, 3.63) is 35.4 Å². The minimum absolute atomic E-state index is 0.448. The van der Waals surface area contributed by atoms with Crippen LogP contribution >= 0.6 is 12.2 Å². The third kappa shape index (κ3) is 4.27. The molecule has 0 saturated carbocycles. The molecular formula is C15H22N2OS. The van der Waals surface area contributed by atoms with Crippen LogP contribution in [-0.4, -0.2) is 35.7 Å². The van der Waals surface area contributed by atoms with E-state index in [-0.39, 0.29) is 0 Å². The predicted molar refractivity (Wildman–Crippen MR) is 82.3 cm³/mol. The first-order chi connectivity index (χ1) is 9.19. The van der Waals surface area contributed by atoms with E-state index in [4.69, 9.17) is 22.7 Å². The standard InChI is InChI=1S/C15H22N2OS/c1-2-18-14-6-8-17(9-7-14)11-12-4-3-5-13(10-12)15(16)19/h3-5,10,14H,2,6-9,11H2,1H3,(H2,16,19). The molecule has 0 atom stereocenters. The number of hydrogen-bond acceptors (Lipinski definition) is 3. The van der Waals surface area contributed by atoms with E-state index in [1.807, 2.05) is 12.1 Å². The van der Waals surface area contributed by atoms with Crippen molar-refractivity contribution in [2.75, 3.05) is 19.7 Å². The molecule has 19 heavy (non-hydrogen) atoms. The summed E-state index contributed by atoms with van der Waals surface area (Å²) in [4.78, 5) is 2.94. The zero-order chi connectivity index (χ0) is 13.7. The quantitative estimate of drug-likeness (QED) is 0.839. The first kappa shape index (κ1) is 14.4. The van der Waals surface area contributed by atoms with E-state index in [1.165, 1.54) is 5.56 Å². The molecule has 2 N–H and O–H groups in total. The summed E-state index contributed by atoms with van der Waals surface area (Å²) in [5.41, 5.74) is 7.90. The van der Waals surface area contributed by atoms with E-state index < -0.39 is 0 Å². The van der Waals surface area contributed by atoms with E-state index in [1.54, 1.807) is 0 Å². The summed E-state index contributed by atoms with van der Waals surface area (Å²) in [6.45, 7) is 6.05. The van der Waals surface area contributed by atoms with Crippen LogP contribution in [0.25, 0.3) is 0 Å². The molecule has 1 aromatic carbocycles. The SMILES string of the molecule is CCOC1CCN(Cc2cccc(C(N)=S)c2)CC1.